The molecule has 0 spiro atoms. The molecule has 0 radical (unpaired) electrons. The number of guanidine groups is 2. The zero-order valence-corrected chi connectivity index (χ0v) is 9.57. The first-order valence-corrected chi connectivity index (χ1v) is 5.07. The van der Waals surface area contributed by atoms with Gasteiger partial charge >= 0.3 is 0 Å². The van der Waals surface area contributed by atoms with Gasteiger partial charge in [0.1, 0.15) is 0 Å². The summed E-state index contributed by atoms with van der Waals surface area (Å²) < 4.78 is 0. The fraction of sp³-hybridized carbons (Fsp3) is 0.273. The maximum atomic E-state index is 7.79. The van der Waals surface area contributed by atoms with E-state index in [1.807, 2.05) is 38.1 Å². The topological polar surface area (TPSA) is 91.5 Å². The quantitative estimate of drug-likeness (QED) is 0.512. The van der Waals surface area contributed by atoms with Crippen molar-refractivity contribution >= 4 is 17.6 Å². The van der Waals surface area contributed by atoms with Gasteiger partial charge in [-0.3, -0.25) is 5.41 Å². The van der Waals surface area contributed by atoms with Crippen LogP contribution in [0.1, 0.15) is 12.5 Å². The van der Waals surface area contributed by atoms with Crippen molar-refractivity contribution in [2.24, 2.45) is 16.5 Å². The number of hydrogen-bond acceptors (Lipinski definition) is 1. The molecule has 1 aromatic carbocycles. The number of rotatable bonds is 2. The fourth-order valence-electron chi connectivity index (χ4n) is 1.48. The molecule has 0 bridgehead atoms. The second-order valence-electron chi connectivity index (χ2n) is 3.39. The highest BCUT2D eigenvalue weighted by atomic mass is 15.3. The Hall–Kier alpha value is -2.04. The van der Waals surface area contributed by atoms with Gasteiger partial charge in [0, 0.05) is 12.2 Å². The second-order valence-corrected chi connectivity index (χ2v) is 3.39. The zero-order chi connectivity index (χ0) is 12.1. The molecule has 0 fully saturated rings. The van der Waals surface area contributed by atoms with Crippen LogP contribution in [0.5, 0.6) is 0 Å². The van der Waals surface area contributed by atoms with Crippen molar-refractivity contribution < 1.29 is 0 Å². The minimum absolute atomic E-state index is 0.0526. The van der Waals surface area contributed by atoms with E-state index in [1.54, 1.807) is 4.90 Å². The third kappa shape index (κ3) is 2.73. The molecule has 0 aliphatic carbocycles. The highest BCUT2D eigenvalue weighted by molar-refractivity contribution is 6.01. The second kappa shape index (κ2) is 5.16. The van der Waals surface area contributed by atoms with E-state index in [4.69, 9.17) is 16.9 Å². The smallest absolute Gasteiger partial charge is 0.225 e. The molecule has 0 saturated carbocycles. The van der Waals surface area contributed by atoms with E-state index in [1.165, 1.54) is 0 Å². The molecule has 0 atom stereocenters. The van der Waals surface area contributed by atoms with Crippen LogP contribution in [0.3, 0.4) is 0 Å². The van der Waals surface area contributed by atoms with Gasteiger partial charge in [-0.1, -0.05) is 18.2 Å². The maximum absolute atomic E-state index is 7.79. The van der Waals surface area contributed by atoms with Crippen molar-refractivity contribution in [2.45, 2.75) is 13.8 Å². The van der Waals surface area contributed by atoms with E-state index in [2.05, 4.69) is 4.99 Å². The van der Waals surface area contributed by atoms with Gasteiger partial charge in [0.2, 0.25) is 5.96 Å². The Morgan fingerprint density at radius 3 is 2.50 bits per heavy atom. The lowest BCUT2D eigenvalue weighted by Gasteiger charge is -2.22. The third-order valence-corrected chi connectivity index (χ3v) is 2.21. The largest absolute Gasteiger partial charge is 0.370 e. The van der Waals surface area contributed by atoms with Crippen molar-refractivity contribution in [3.63, 3.8) is 0 Å². The highest BCUT2D eigenvalue weighted by Gasteiger charge is 2.11. The lowest BCUT2D eigenvalue weighted by atomic mass is 10.2. The Bertz CT molecular complexity index is 407. The molecular formula is C11H17N5. The van der Waals surface area contributed by atoms with Crippen molar-refractivity contribution in [2.75, 3.05) is 11.4 Å². The molecule has 5 nitrogen and oxygen atoms in total. The standard InChI is InChI=1S/C11H17N5/c1-3-16(11(14)15-10(12)13)9-7-5-4-6-8(9)2/h4-7H,3H2,1-2H3,(H5,12,13,14,15). The molecule has 1 rings (SSSR count). The summed E-state index contributed by atoms with van der Waals surface area (Å²) in [6.07, 6.45) is 0. The van der Waals surface area contributed by atoms with E-state index in [0.717, 1.165) is 11.3 Å². The van der Waals surface area contributed by atoms with Gasteiger partial charge in [-0.2, -0.15) is 4.99 Å². The number of nitrogens with two attached hydrogens (primary N) is 2. The average molecular weight is 219 g/mol. The first kappa shape index (κ1) is 12.0. The van der Waals surface area contributed by atoms with Crippen molar-refractivity contribution in [3.8, 4) is 0 Å². The van der Waals surface area contributed by atoms with Crippen molar-refractivity contribution in [3.05, 3.63) is 29.8 Å². The fourth-order valence-corrected chi connectivity index (χ4v) is 1.48. The van der Waals surface area contributed by atoms with Gasteiger partial charge in [0.15, 0.2) is 5.96 Å². The number of nitrogens with one attached hydrogen (secondary N) is 1. The minimum atomic E-state index is -0.1000. The van der Waals surface area contributed by atoms with Gasteiger partial charge in [0.05, 0.1) is 0 Å². The van der Waals surface area contributed by atoms with E-state index in [-0.39, 0.29) is 11.9 Å². The number of anilines is 1. The lowest BCUT2D eigenvalue weighted by Crippen LogP contribution is -2.33. The van der Waals surface area contributed by atoms with Crippen LogP contribution in [0.4, 0.5) is 5.69 Å². The minimum Gasteiger partial charge on any atom is -0.370 e. The van der Waals surface area contributed by atoms with Gasteiger partial charge in [-0.25, -0.2) is 0 Å². The van der Waals surface area contributed by atoms with Crippen LogP contribution >= 0.6 is 0 Å². The van der Waals surface area contributed by atoms with Crippen LogP contribution in [0.15, 0.2) is 29.3 Å². The van der Waals surface area contributed by atoms with Gasteiger partial charge in [-0.15, -0.1) is 0 Å². The number of hydrogen-bond donors (Lipinski definition) is 3. The third-order valence-electron chi connectivity index (χ3n) is 2.21. The molecule has 5 N–H and O–H groups in total. The number of benzene rings is 1. The Labute approximate surface area is 95.3 Å². The Morgan fingerprint density at radius 1 is 1.38 bits per heavy atom. The van der Waals surface area contributed by atoms with Gasteiger partial charge < -0.3 is 16.4 Å². The molecule has 0 aliphatic heterocycles. The molecule has 0 heterocycles. The summed E-state index contributed by atoms with van der Waals surface area (Å²) in [5, 5.41) is 7.79. The van der Waals surface area contributed by atoms with E-state index in [0.29, 0.717) is 6.54 Å². The molecule has 0 saturated heterocycles. The molecule has 5 heteroatoms. The van der Waals surface area contributed by atoms with Gasteiger partial charge in [0.25, 0.3) is 0 Å². The van der Waals surface area contributed by atoms with Gasteiger partial charge in [-0.05, 0) is 25.5 Å². The predicted octanol–water partition coefficient (Wildman–Crippen LogP) is 1.03. The summed E-state index contributed by atoms with van der Waals surface area (Å²) in [6.45, 7) is 4.57. The summed E-state index contributed by atoms with van der Waals surface area (Å²) in [5.74, 6) is -0.0474. The number of para-hydroxylation sites is 1. The normalized spacial score (nSPS) is 9.62. The first-order chi connectivity index (χ1) is 7.56. The molecule has 16 heavy (non-hydrogen) atoms. The lowest BCUT2D eigenvalue weighted by molar-refractivity contribution is 1.02. The summed E-state index contributed by atoms with van der Waals surface area (Å²) >= 11 is 0. The van der Waals surface area contributed by atoms with Crippen molar-refractivity contribution in [1.82, 2.24) is 0 Å². The molecule has 0 amide bonds. The molecule has 1 aromatic rings. The molecule has 86 valence electrons. The number of aryl methyl sites for hydroxylation is 1. The van der Waals surface area contributed by atoms with Crippen LogP contribution < -0.4 is 16.4 Å². The van der Waals surface area contributed by atoms with Crippen LogP contribution in [-0.4, -0.2) is 18.5 Å². The first-order valence-electron chi connectivity index (χ1n) is 5.07. The maximum Gasteiger partial charge on any atom is 0.225 e. The van der Waals surface area contributed by atoms with Crippen molar-refractivity contribution in [1.29, 1.82) is 5.41 Å². The molecule has 0 aromatic heterocycles. The Morgan fingerprint density at radius 2 is 2.00 bits per heavy atom. The molecule has 0 unspecified atom stereocenters. The van der Waals surface area contributed by atoms with E-state index >= 15 is 0 Å². The monoisotopic (exact) mass is 219 g/mol. The molecule has 0 aliphatic rings. The Balaban J connectivity index is 3.04. The van der Waals surface area contributed by atoms with Crippen LogP contribution in [0, 0.1) is 12.3 Å². The molecular weight excluding hydrogens is 202 g/mol. The SMILES string of the molecule is CCN(C(=N)N=C(N)N)c1ccccc1C. The van der Waals surface area contributed by atoms with Crippen LogP contribution in [0.2, 0.25) is 0 Å². The van der Waals surface area contributed by atoms with Crippen LogP contribution in [-0.2, 0) is 0 Å². The number of aliphatic imine (C=N–C) groups is 1. The summed E-state index contributed by atoms with van der Waals surface area (Å²) in [6, 6.07) is 7.81. The summed E-state index contributed by atoms with van der Waals surface area (Å²) in [7, 11) is 0. The zero-order valence-electron chi connectivity index (χ0n) is 9.57. The summed E-state index contributed by atoms with van der Waals surface area (Å²) in [4.78, 5) is 5.49. The predicted molar refractivity (Wildman–Crippen MR) is 67.7 cm³/mol. The van der Waals surface area contributed by atoms with E-state index < -0.39 is 0 Å². The Kier molecular flexibility index (Phi) is 3.88. The summed E-state index contributed by atoms with van der Waals surface area (Å²) in [5.41, 5.74) is 12.6. The average Bonchev–Trinajstić information content (AvgIpc) is 2.20. The number of nitrogens with zero attached hydrogens (tertiary/aromatic N) is 2. The van der Waals surface area contributed by atoms with Crippen LogP contribution in [0.25, 0.3) is 0 Å². The van der Waals surface area contributed by atoms with E-state index in [9.17, 15) is 0 Å². The highest BCUT2D eigenvalue weighted by Crippen LogP contribution is 2.19.